The molecule has 1 unspecified atom stereocenters. The number of nitrogens with zero attached hydrogens (tertiary/aromatic N) is 1. The SMILES string of the molecule is CN(C)c1ccc(C(O)CNC(=O)/C=C/c2ccc3c(c2)OCO3)cc1. The summed E-state index contributed by atoms with van der Waals surface area (Å²) in [5, 5.41) is 12.9. The molecule has 2 aromatic rings. The van der Waals surface area contributed by atoms with Gasteiger partial charge in [-0.25, -0.2) is 0 Å². The highest BCUT2D eigenvalue weighted by Crippen LogP contribution is 2.32. The highest BCUT2D eigenvalue weighted by Gasteiger charge is 2.12. The normalized spacial score (nSPS) is 13.7. The number of nitrogens with one attached hydrogen (secondary N) is 1. The third kappa shape index (κ3) is 4.34. The number of aliphatic hydroxyl groups excluding tert-OH is 1. The van der Waals surface area contributed by atoms with Gasteiger partial charge in [0.2, 0.25) is 12.7 Å². The number of ether oxygens (including phenoxy) is 2. The minimum atomic E-state index is -0.755. The van der Waals surface area contributed by atoms with E-state index in [0.717, 1.165) is 16.8 Å². The molecule has 0 aliphatic carbocycles. The van der Waals surface area contributed by atoms with Gasteiger partial charge >= 0.3 is 0 Å². The standard InChI is InChI=1S/C20H22N2O4/c1-22(2)16-7-5-15(6-8-16)17(23)12-21-20(24)10-4-14-3-9-18-19(11-14)26-13-25-18/h3-11,17,23H,12-13H2,1-2H3,(H,21,24)/b10-4+. The minimum absolute atomic E-state index is 0.144. The van der Waals surface area contributed by atoms with Crippen molar-refractivity contribution in [2.45, 2.75) is 6.10 Å². The quantitative estimate of drug-likeness (QED) is 0.779. The summed E-state index contributed by atoms with van der Waals surface area (Å²) < 4.78 is 10.6. The molecule has 0 aromatic heterocycles. The van der Waals surface area contributed by atoms with E-state index in [1.807, 2.05) is 55.4 Å². The summed E-state index contributed by atoms with van der Waals surface area (Å²) in [5.74, 6) is 1.10. The van der Waals surface area contributed by atoms with E-state index in [2.05, 4.69) is 5.32 Å². The Morgan fingerprint density at radius 1 is 1.19 bits per heavy atom. The second-order valence-electron chi connectivity index (χ2n) is 6.19. The van der Waals surface area contributed by atoms with Crippen molar-refractivity contribution in [3.8, 4) is 11.5 Å². The van der Waals surface area contributed by atoms with Crippen molar-refractivity contribution >= 4 is 17.7 Å². The molecule has 1 heterocycles. The molecule has 0 bridgehead atoms. The third-order valence-electron chi connectivity index (χ3n) is 4.09. The van der Waals surface area contributed by atoms with Crippen LogP contribution in [0.3, 0.4) is 0 Å². The van der Waals surface area contributed by atoms with Gasteiger partial charge in [-0.2, -0.15) is 0 Å². The van der Waals surface area contributed by atoms with Gasteiger partial charge in [-0.05, 0) is 41.5 Å². The fourth-order valence-electron chi connectivity index (χ4n) is 2.56. The highest BCUT2D eigenvalue weighted by molar-refractivity contribution is 5.91. The van der Waals surface area contributed by atoms with E-state index in [1.54, 1.807) is 12.1 Å². The second kappa shape index (κ2) is 7.93. The van der Waals surface area contributed by atoms with Crippen LogP contribution in [0, 0.1) is 0 Å². The average Bonchev–Trinajstić information content (AvgIpc) is 3.12. The summed E-state index contributed by atoms with van der Waals surface area (Å²) in [5.41, 5.74) is 2.65. The molecule has 1 aliphatic rings. The van der Waals surface area contributed by atoms with Crippen molar-refractivity contribution in [1.82, 2.24) is 5.32 Å². The third-order valence-corrected chi connectivity index (χ3v) is 4.09. The van der Waals surface area contributed by atoms with E-state index in [-0.39, 0.29) is 19.2 Å². The lowest BCUT2D eigenvalue weighted by molar-refractivity contribution is -0.116. The fourth-order valence-corrected chi connectivity index (χ4v) is 2.56. The minimum Gasteiger partial charge on any atom is -0.454 e. The van der Waals surface area contributed by atoms with Gasteiger partial charge in [0.05, 0.1) is 6.10 Å². The summed E-state index contributed by atoms with van der Waals surface area (Å²) in [6, 6.07) is 13.0. The highest BCUT2D eigenvalue weighted by atomic mass is 16.7. The lowest BCUT2D eigenvalue weighted by atomic mass is 10.1. The molecule has 0 saturated carbocycles. The molecule has 2 aromatic carbocycles. The van der Waals surface area contributed by atoms with E-state index in [0.29, 0.717) is 11.5 Å². The first kappa shape index (κ1) is 17.8. The molecule has 3 rings (SSSR count). The van der Waals surface area contributed by atoms with Crippen LogP contribution < -0.4 is 19.7 Å². The van der Waals surface area contributed by atoms with Crippen LogP contribution in [-0.2, 0) is 4.79 Å². The molecule has 2 N–H and O–H groups in total. The summed E-state index contributed by atoms with van der Waals surface area (Å²) >= 11 is 0. The fraction of sp³-hybridized carbons (Fsp3) is 0.250. The van der Waals surface area contributed by atoms with Crippen LogP contribution in [0.5, 0.6) is 11.5 Å². The van der Waals surface area contributed by atoms with E-state index < -0.39 is 6.10 Å². The second-order valence-corrected chi connectivity index (χ2v) is 6.19. The van der Waals surface area contributed by atoms with Gasteiger partial charge in [-0.15, -0.1) is 0 Å². The molecule has 1 amide bonds. The van der Waals surface area contributed by atoms with Gasteiger partial charge in [0.15, 0.2) is 11.5 Å². The summed E-state index contributed by atoms with van der Waals surface area (Å²) in [4.78, 5) is 13.9. The van der Waals surface area contributed by atoms with Crippen LogP contribution in [0.25, 0.3) is 6.08 Å². The topological polar surface area (TPSA) is 71.0 Å². The van der Waals surface area contributed by atoms with Crippen molar-refractivity contribution in [1.29, 1.82) is 0 Å². The Hall–Kier alpha value is -2.99. The largest absolute Gasteiger partial charge is 0.454 e. The van der Waals surface area contributed by atoms with Crippen molar-refractivity contribution in [3.63, 3.8) is 0 Å². The first-order valence-corrected chi connectivity index (χ1v) is 8.34. The monoisotopic (exact) mass is 354 g/mol. The average molecular weight is 354 g/mol. The Labute approximate surface area is 152 Å². The Kier molecular flexibility index (Phi) is 5.43. The van der Waals surface area contributed by atoms with Gasteiger partial charge in [0, 0.05) is 32.4 Å². The van der Waals surface area contributed by atoms with E-state index in [9.17, 15) is 9.90 Å². The van der Waals surface area contributed by atoms with Crippen LogP contribution in [0.2, 0.25) is 0 Å². The van der Waals surface area contributed by atoms with Crippen LogP contribution in [0.1, 0.15) is 17.2 Å². The van der Waals surface area contributed by atoms with Crippen molar-refractivity contribution < 1.29 is 19.4 Å². The molecule has 0 saturated heterocycles. The zero-order valence-electron chi connectivity index (χ0n) is 14.8. The van der Waals surface area contributed by atoms with Gasteiger partial charge in [-0.1, -0.05) is 18.2 Å². The first-order chi connectivity index (χ1) is 12.5. The number of carbonyl (C=O) groups excluding carboxylic acids is 1. The van der Waals surface area contributed by atoms with Gasteiger partial charge < -0.3 is 24.8 Å². The maximum absolute atomic E-state index is 12.0. The van der Waals surface area contributed by atoms with Crippen molar-refractivity contribution in [2.75, 3.05) is 32.3 Å². The zero-order valence-corrected chi connectivity index (χ0v) is 14.8. The maximum atomic E-state index is 12.0. The number of aliphatic hydroxyl groups is 1. The predicted molar refractivity (Wildman–Crippen MR) is 100 cm³/mol. The molecule has 26 heavy (non-hydrogen) atoms. The van der Waals surface area contributed by atoms with Crippen LogP contribution >= 0.6 is 0 Å². The van der Waals surface area contributed by atoms with Gasteiger partial charge in [-0.3, -0.25) is 4.79 Å². The number of benzene rings is 2. The van der Waals surface area contributed by atoms with Crippen molar-refractivity contribution in [2.24, 2.45) is 0 Å². The lowest BCUT2D eigenvalue weighted by Crippen LogP contribution is -2.26. The number of hydrogen-bond acceptors (Lipinski definition) is 5. The van der Waals surface area contributed by atoms with Crippen LogP contribution in [0.15, 0.2) is 48.5 Å². The summed E-state index contributed by atoms with van der Waals surface area (Å²) in [7, 11) is 3.91. The Morgan fingerprint density at radius 3 is 2.65 bits per heavy atom. The molecule has 6 nitrogen and oxygen atoms in total. The smallest absolute Gasteiger partial charge is 0.244 e. The van der Waals surface area contributed by atoms with E-state index in [4.69, 9.17) is 9.47 Å². The lowest BCUT2D eigenvalue weighted by Gasteiger charge is -2.15. The molecular weight excluding hydrogens is 332 g/mol. The van der Waals surface area contributed by atoms with Gasteiger partial charge in [0.25, 0.3) is 0 Å². The summed E-state index contributed by atoms with van der Waals surface area (Å²) in [6.45, 7) is 0.363. The Morgan fingerprint density at radius 2 is 1.92 bits per heavy atom. The number of amides is 1. The maximum Gasteiger partial charge on any atom is 0.244 e. The number of rotatable bonds is 6. The Bertz CT molecular complexity index is 800. The number of fused-ring (bicyclic) bond motifs is 1. The molecule has 0 radical (unpaired) electrons. The molecule has 1 atom stereocenters. The predicted octanol–water partition coefficient (Wildman–Crippen LogP) is 2.34. The van der Waals surface area contributed by atoms with E-state index >= 15 is 0 Å². The molecule has 6 heteroatoms. The van der Waals surface area contributed by atoms with E-state index in [1.165, 1.54) is 6.08 Å². The molecule has 136 valence electrons. The number of hydrogen-bond donors (Lipinski definition) is 2. The van der Waals surface area contributed by atoms with Crippen LogP contribution in [-0.4, -0.2) is 38.4 Å². The molecule has 0 fully saturated rings. The van der Waals surface area contributed by atoms with Gasteiger partial charge in [0.1, 0.15) is 0 Å². The first-order valence-electron chi connectivity index (χ1n) is 8.34. The summed E-state index contributed by atoms with van der Waals surface area (Å²) in [6.07, 6.45) is 2.36. The zero-order chi connectivity index (χ0) is 18.5. The number of carbonyl (C=O) groups is 1. The number of anilines is 1. The molecule has 0 spiro atoms. The molecule has 1 aliphatic heterocycles. The Balaban J connectivity index is 1.51. The molecular formula is C20H22N2O4. The van der Waals surface area contributed by atoms with Crippen molar-refractivity contribution in [3.05, 3.63) is 59.7 Å². The van der Waals surface area contributed by atoms with Crippen LogP contribution in [0.4, 0.5) is 5.69 Å².